The average molecular weight is 398 g/mol. The van der Waals surface area contributed by atoms with Gasteiger partial charge in [0.15, 0.2) is 0 Å². The van der Waals surface area contributed by atoms with Crippen molar-refractivity contribution in [1.82, 2.24) is 20.4 Å². The monoisotopic (exact) mass is 398 g/mol. The molecule has 0 saturated carbocycles. The van der Waals surface area contributed by atoms with Crippen LogP contribution in [0.15, 0.2) is 48.5 Å². The molecule has 0 atom stereocenters. The molecule has 154 valence electrons. The van der Waals surface area contributed by atoms with Crippen molar-refractivity contribution in [3.05, 3.63) is 71.0 Å². The van der Waals surface area contributed by atoms with Gasteiger partial charge in [-0.3, -0.25) is 9.69 Å². The number of piperazine rings is 1. The highest BCUT2D eigenvalue weighted by atomic mass is 19.1. The molecule has 1 aliphatic rings. The predicted molar refractivity (Wildman–Crippen MR) is 110 cm³/mol. The number of nitrogens with zero attached hydrogens (tertiary/aromatic N) is 2. The van der Waals surface area contributed by atoms with E-state index in [-0.39, 0.29) is 24.0 Å². The maximum absolute atomic E-state index is 13.5. The lowest BCUT2D eigenvalue weighted by Crippen LogP contribution is -2.52. The summed E-state index contributed by atoms with van der Waals surface area (Å²) in [5, 5.41) is 5.52. The van der Waals surface area contributed by atoms with Crippen molar-refractivity contribution in [2.24, 2.45) is 0 Å². The van der Waals surface area contributed by atoms with E-state index in [2.05, 4.69) is 27.7 Å². The Bertz CT molecular complexity index is 836. The molecule has 0 aliphatic carbocycles. The molecule has 0 aromatic heterocycles. The zero-order chi connectivity index (χ0) is 20.6. The molecule has 0 radical (unpaired) electrons. The van der Waals surface area contributed by atoms with E-state index in [0.717, 1.165) is 19.6 Å². The van der Waals surface area contributed by atoms with Crippen LogP contribution >= 0.6 is 0 Å². The van der Waals surface area contributed by atoms with E-state index in [0.29, 0.717) is 25.2 Å². The molecule has 7 heteroatoms. The second-order valence-electron chi connectivity index (χ2n) is 7.20. The Morgan fingerprint density at radius 2 is 1.66 bits per heavy atom. The van der Waals surface area contributed by atoms with Gasteiger partial charge in [0.25, 0.3) is 5.91 Å². The topological polar surface area (TPSA) is 64.7 Å². The van der Waals surface area contributed by atoms with Crippen LogP contribution < -0.4 is 10.6 Å². The van der Waals surface area contributed by atoms with Gasteiger partial charge in [-0.1, -0.05) is 36.4 Å². The van der Waals surface area contributed by atoms with E-state index in [9.17, 15) is 14.0 Å². The summed E-state index contributed by atoms with van der Waals surface area (Å²) in [7, 11) is 0. The van der Waals surface area contributed by atoms with Crippen molar-refractivity contribution >= 4 is 11.9 Å². The van der Waals surface area contributed by atoms with Gasteiger partial charge in [0.2, 0.25) is 0 Å². The maximum Gasteiger partial charge on any atom is 0.317 e. The van der Waals surface area contributed by atoms with Gasteiger partial charge in [0.05, 0.1) is 0 Å². The van der Waals surface area contributed by atoms with Crippen LogP contribution in [-0.2, 0) is 6.54 Å². The summed E-state index contributed by atoms with van der Waals surface area (Å²) in [5.41, 5.74) is 2.04. The Labute approximate surface area is 170 Å². The second-order valence-corrected chi connectivity index (χ2v) is 7.20. The summed E-state index contributed by atoms with van der Waals surface area (Å²) in [6, 6.07) is 14.5. The number of hydrogen-bond donors (Lipinski definition) is 2. The summed E-state index contributed by atoms with van der Waals surface area (Å²) in [5.74, 6) is -0.759. The molecular formula is C22H27FN4O2. The number of carbonyl (C=O) groups excluding carboxylic acids is 2. The van der Waals surface area contributed by atoms with Gasteiger partial charge in [-0.25, -0.2) is 9.18 Å². The van der Waals surface area contributed by atoms with Crippen LogP contribution in [0.3, 0.4) is 0 Å². The fraction of sp³-hybridized carbons (Fsp3) is 0.364. The number of amides is 3. The van der Waals surface area contributed by atoms with E-state index in [4.69, 9.17) is 0 Å². The Morgan fingerprint density at radius 3 is 2.34 bits per heavy atom. The van der Waals surface area contributed by atoms with E-state index < -0.39 is 5.82 Å². The molecule has 3 rings (SSSR count). The van der Waals surface area contributed by atoms with Crippen LogP contribution in [-0.4, -0.2) is 61.0 Å². The van der Waals surface area contributed by atoms with Crippen LogP contribution in [0, 0.1) is 12.7 Å². The molecular weight excluding hydrogens is 371 g/mol. The van der Waals surface area contributed by atoms with Gasteiger partial charge in [-0.05, 0) is 30.2 Å². The molecule has 1 saturated heterocycles. The Hall–Kier alpha value is -2.93. The third kappa shape index (κ3) is 6.02. The molecule has 2 N–H and O–H groups in total. The number of nitrogens with one attached hydrogen (secondary N) is 2. The van der Waals surface area contributed by atoms with E-state index in [1.807, 2.05) is 18.2 Å². The molecule has 1 heterocycles. The van der Waals surface area contributed by atoms with Gasteiger partial charge in [0, 0.05) is 51.4 Å². The number of carbonyl (C=O) groups is 2. The fourth-order valence-electron chi connectivity index (χ4n) is 3.24. The van der Waals surface area contributed by atoms with Crippen molar-refractivity contribution in [3.8, 4) is 0 Å². The highest BCUT2D eigenvalue weighted by Crippen LogP contribution is 2.09. The average Bonchev–Trinajstić information content (AvgIpc) is 2.74. The predicted octanol–water partition coefficient (Wildman–Crippen LogP) is 2.39. The fourth-order valence-corrected chi connectivity index (χ4v) is 3.24. The SMILES string of the molecule is Cc1ccc(C(=O)NCCNC(=O)N2CCN(Cc3ccccc3)CC2)cc1F. The minimum absolute atomic E-state index is 0.125. The first-order chi connectivity index (χ1) is 14.0. The maximum atomic E-state index is 13.5. The van der Waals surface area contributed by atoms with Crippen molar-refractivity contribution in [1.29, 1.82) is 0 Å². The van der Waals surface area contributed by atoms with Crippen LogP contribution in [0.5, 0.6) is 0 Å². The van der Waals surface area contributed by atoms with Gasteiger partial charge < -0.3 is 15.5 Å². The van der Waals surface area contributed by atoms with E-state index >= 15 is 0 Å². The standard InChI is InChI=1S/C22H27FN4O2/c1-17-7-8-19(15-20(17)23)21(28)24-9-10-25-22(29)27-13-11-26(12-14-27)16-18-5-3-2-4-6-18/h2-8,15H,9-14,16H2,1H3,(H,24,28)(H,25,29). The van der Waals surface area contributed by atoms with E-state index in [1.165, 1.54) is 11.6 Å². The second kappa shape index (κ2) is 10.0. The van der Waals surface area contributed by atoms with Crippen molar-refractivity contribution < 1.29 is 14.0 Å². The molecule has 0 unspecified atom stereocenters. The third-order valence-corrected chi connectivity index (χ3v) is 5.03. The Balaban J connectivity index is 1.34. The van der Waals surface area contributed by atoms with Crippen molar-refractivity contribution in [3.63, 3.8) is 0 Å². The molecule has 6 nitrogen and oxygen atoms in total. The third-order valence-electron chi connectivity index (χ3n) is 5.03. The number of urea groups is 1. The minimum atomic E-state index is -0.405. The Kier molecular flexibility index (Phi) is 7.19. The van der Waals surface area contributed by atoms with Crippen LogP contribution in [0.4, 0.5) is 9.18 Å². The molecule has 2 aromatic rings. The number of benzene rings is 2. The Morgan fingerprint density at radius 1 is 0.966 bits per heavy atom. The number of halogens is 1. The normalized spacial score (nSPS) is 14.5. The van der Waals surface area contributed by atoms with Crippen LogP contribution in [0.2, 0.25) is 0 Å². The molecule has 0 spiro atoms. The molecule has 3 amide bonds. The van der Waals surface area contributed by atoms with Crippen LogP contribution in [0.1, 0.15) is 21.5 Å². The lowest BCUT2D eigenvalue weighted by molar-refractivity contribution is 0.0952. The zero-order valence-corrected chi connectivity index (χ0v) is 16.7. The minimum Gasteiger partial charge on any atom is -0.350 e. The number of aryl methyl sites for hydroxylation is 1. The number of hydrogen-bond acceptors (Lipinski definition) is 3. The highest BCUT2D eigenvalue weighted by Gasteiger charge is 2.20. The van der Waals surface area contributed by atoms with Crippen LogP contribution in [0.25, 0.3) is 0 Å². The molecule has 0 bridgehead atoms. The zero-order valence-electron chi connectivity index (χ0n) is 16.7. The first-order valence-corrected chi connectivity index (χ1v) is 9.86. The lowest BCUT2D eigenvalue weighted by Gasteiger charge is -2.34. The highest BCUT2D eigenvalue weighted by molar-refractivity contribution is 5.94. The molecule has 1 aliphatic heterocycles. The smallest absolute Gasteiger partial charge is 0.317 e. The number of rotatable bonds is 6. The lowest BCUT2D eigenvalue weighted by atomic mass is 10.1. The van der Waals surface area contributed by atoms with Crippen molar-refractivity contribution in [2.75, 3.05) is 39.3 Å². The van der Waals surface area contributed by atoms with Gasteiger partial charge in [0.1, 0.15) is 5.82 Å². The molecule has 1 fully saturated rings. The summed E-state index contributed by atoms with van der Waals surface area (Å²) in [6.45, 7) is 6.16. The van der Waals surface area contributed by atoms with Gasteiger partial charge in [-0.2, -0.15) is 0 Å². The summed E-state index contributed by atoms with van der Waals surface area (Å²) in [4.78, 5) is 28.5. The summed E-state index contributed by atoms with van der Waals surface area (Å²) in [6.07, 6.45) is 0. The summed E-state index contributed by atoms with van der Waals surface area (Å²) >= 11 is 0. The quantitative estimate of drug-likeness (QED) is 0.735. The van der Waals surface area contributed by atoms with Gasteiger partial charge in [-0.15, -0.1) is 0 Å². The first-order valence-electron chi connectivity index (χ1n) is 9.86. The molecule has 2 aromatic carbocycles. The van der Waals surface area contributed by atoms with E-state index in [1.54, 1.807) is 24.0 Å². The first kappa shape index (κ1) is 20.8. The van der Waals surface area contributed by atoms with Gasteiger partial charge >= 0.3 is 6.03 Å². The largest absolute Gasteiger partial charge is 0.350 e. The van der Waals surface area contributed by atoms with Crippen molar-refractivity contribution in [2.45, 2.75) is 13.5 Å². The molecule has 29 heavy (non-hydrogen) atoms. The summed E-state index contributed by atoms with van der Waals surface area (Å²) < 4.78 is 13.5.